The summed E-state index contributed by atoms with van der Waals surface area (Å²) in [5.41, 5.74) is 7.50. The third kappa shape index (κ3) is 2.16. The molecular formula is C13H18N4. The van der Waals surface area contributed by atoms with Crippen molar-refractivity contribution in [3.63, 3.8) is 0 Å². The van der Waals surface area contributed by atoms with Gasteiger partial charge in [0.15, 0.2) is 0 Å². The summed E-state index contributed by atoms with van der Waals surface area (Å²) < 4.78 is 0. The summed E-state index contributed by atoms with van der Waals surface area (Å²) >= 11 is 0. The number of nitrogens with zero attached hydrogens (tertiary/aromatic N) is 3. The normalized spacial score (nSPS) is 12.6. The van der Waals surface area contributed by atoms with Crippen molar-refractivity contribution in [2.75, 3.05) is 17.7 Å². The molecule has 0 spiro atoms. The van der Waals surface area contributed by atoms with Gasteiger partial charge in [0.25, 0.3) is 0 Å². The predicted molar refractivity (Wildman–Crippen MR) is 72.1 cm³/mol. The molecule has 90 valence electrons. The van der Waals surface area contributed by atoms with E-state index in [4.69, 9.17) is 5.73 Å². The molecule has 0 aliphatic carbocycles. The van der Waals surface area contributed by atoms with Gasteiger partial charge < -0.3 is 10.6 Å². The van der Waals surface area contributed by atoms with Crippen LogP contribution in [-0.4, -0.2) is 23.1 Å². The van der Waals surface area contributed by atoms with Crippen LogP contribution in [0.1, 0.15) is 20.3 Å². The maximum Gasteiger partial charge on any atom is 0.139 e. The van der Waals surface area contributed by atoms with Crippen LogP contribution in [0.4, 0.5) is 11.5 Å². The highest BCUT2D eigenvalue weighted by Gasteiger charge is 2.13. The Bertz CT molecular complexity index is 524. The smallest absolute Gasteiger partial charge is 0.139 e. The van der Waals surface area contributed by atoms with E-state index in [0.29, 0.717) is 6.04 Å². The quantitative estimate of drug-likeness (QED) is 0.823. The van der Waals surface area contributed by atoms with E-state index in [9.17, 15) is 0 Å². The van der Waals surface area contributed by atoms with Crippen molar-refractivity contribution in [1.82, 2.24) is 9.97 Å². The number of hydrogen-bond acceptors (Lipinski definition) is 4. The zero-order valence-electron chi connectivity index (χ0n) is 10.5. The third-order valence-corrected chi connectivity index (χ3v) is 3.22. The fraction of sp³-hybridized carbons (Fsp3) is 0.385. The van der Waals surface area contributed by atoms with Gasteiger partial charge in [-0.3, -0.25) is 0 Å². The van der Waals surface area contributed by atoms with Gasteiger partial charge in [-0.15, -0.1) is 0 Å². The molecular weight excluding hydrogens is 212 g/mol. The van der Waals surface area contributed by atoms with Crippen LogP contribution in [0, 0.1) is 0 Å². The molecule has 0 fully saturated rings. The molecule has 0 saturated heterocycles. The van der Waals surface area contributed by atoms with Gasteiger partial charge in [-0.1, -0.05) is 6.92 Å². The summed E-state index contributed by atoms with van der Waals surface area (Å²) in [5, 5.41) is 1.01. The summed E-state index contributed by atoms with van der Waals surface area (Å²) in [7, 11) is 2.05. The second-order valence-corrected chi connectivity index (χ2v) is 4.34. The van der Waals surface area contributed by atoms with Gasteiger partial charge in [-0.05, 0) is 31.5 Å². The molecule has 0 aliphatic heterocycles. The van der Waals surface area contributed by atoms with Gasteiger partial charge in [0.1, 0.15) is 12.1 Å². The van der Waals surface area contributed by atoms with Crippen LogP contribution in [0.5, 0.6) is 0 Å². The van der Waals surface area contributed by atoms with Crippen LogP contribution >= 0.6 is 0 Å². The van der Waals surface area contributed by atoms with Gasteiger partial charge >= 0.3 is 0 Å². The highest BCUT2D eigenvalue weighted by atomic mass is 15.2. The number of rotatable bonds is 3. The average Bonchev–Trinajstić information content (AvgIpc) is 2.36. The van der Waals surface area contributed by atoms with E-state index in [2.05, 4.69) is 35.8 Å². The van der Waals surface area contributed by atoms with Crippen molar-refractivity contribution in [2.24, 2.45) is 0 Å². The van der Waals surface area contributed by atoms with Crippen LogP contribution in [0.15, 0.2) is 24.5 Å². The number of anilines is 2. The zero-order valence-corrected chi connectivity index (χ0v) is 10.5. The van der Waals surface area contributed by atoms with E-state index in [1.807, 2.05) is 18.2 Å². The van der Waals surface area contributed by atoms with Gasteiger partial charge in [-0.2, -0.15) is 0 Å². The molecule has 0 bridgehead atoms. The lowest BCUT2D eigenvalue weighted by Gasteiger charge is -2.25. The van der Waals surface area contributed by atoms with Crippen molar-refractivity contribution >= 4 is 22.4 Å². The van der Waals surface area contributed by atoms with E-state index in [0.717, 1.165) is 28.8 Å². The van der Waals surface area contributed by atoms with Crippen molar-refractivity contribution < 1.29 is 0 Å². The maximum atomic E-state index is 5.83. The first-order valence-electron chi connectivity index (χ1n) is 5.86. The molecule has 2 rings (SSSR count). The van der Waals surface area contributed by atoms with Crippen LogP contribution in [0.3, 0.4) is 0 Å². The second-order valence-electron chi connectivity index (χ2n) is 4.34. The first-order valence-corrected chi connectivity index (χ1v) is 5.86. The first-order chi connectivity index (χ1) is 8.13. The Morgan fingerprint density at radius 2 is 2.12 bits per heavy atom. The molecule has 0 saturated carbocycles. The van der Waals surface area contributed by atoms with Crippen LogP contribution in [-0.2, 0) is 0 Å². The lowest BCUT2D eigenvalue weighted by atomic mass is 10.1. The Kier molecular flexibility index (Phi) is 3.13. The number of benzene rings is 1. The van der Waals surface area contributed by atoms with Crippen molar-refractivity contribution in [1.29, 1.82) is 0 Å². The fourth-order valence-electron chi connectivity index (χ4n) is 1.82. The summed E-state index contributed by atoms with van der Waals surface area (Å²) in [6.07, 6.45) is 2.68. The molecule has 2 N–H and O–H groups in total. The van der Waals surface area contributed by atoms with Crippen LogP contribution in [0.25, 0.3) is 10.9 Å². The summed E-state index contributed by atoms with van der Waals surface area (Å²) in [4.78, 5) is 10.8. The molecule has 1 heterocycles. The molecule has 4 nitrogen and oxygen atoms in total. The zero-order chi connectivity index (χ0) is 12.4. The minimum Gasteiger partial charge on any atom is -0.399 e. The van der Waals surface area contributed by atoms with Crippen molar-refractivity contribution in [3.8, 4) is 0 Å². The average molecular weight is 230 g/mol. The Labute approximate surface area is 101 Å². The van der Waals surface area contributed by atoms with Crippen LogP contribution < -0.4 is 10.6 Å². The molecule has 0 amide bonds. The minimum atomic E-state index is 0.439. The largest absolute Gasteiger partial charge is 0.399 e. The predicted octanol–water partition coefficient (Wildman–Crippen LogP) is 2.45. The van der Waals surface area contributed by atoms with E-state index >= 15 is 0 Å². The molecule has 0 radical (unpaired) electrons. The molecule has 1 aromatic carbocycles. The standard InChI is InChI=1S/C13H18N4/c1-4-9(2)17(3)13-11-7-10(14)5-6-12(11)15-8-16-13/h5-9H,4,14H2,1-3H3. The monoisotopic (exact) mass is 230 g/mol. The van der Waals surface area contributed by atoms with Crippen molar-refractivity contribution in [3.05, 3.63) is 24.5 Å². The lowest BCUT2D eigenvalue weighted by molar-refractivity contribution is 0.658. The Balaban J connectivity index is 2.57. The lowest BCUT2D eigenvalue weighted by Crippen LogP contribution is -2.29. The van der Waals surface area contributed by atoms with E-state index in [-0.39, 0.29) is 0 Å². The second kappa shape index (κ2) is 4.57. The number of fused-ring (bicyclic) bond motifs is 1. The minimum absolute atomic E-state index is 0.439. The molecule has 1 aromatic heterocycles. The van der Waals surface area contributed by atoms with Gasteiger partial charge in [0.05, 0.1) is 5.52 Å². The van der Waals surface area contributed by atoms with E-state index in [1.54, 1.807) is 6.33 Å². The summed E-state index contributed by atoms with van der Waals surface area (Å²) in [6, 6.07) is 6.17. The topological polar surface area (TPSA) is 55.0 Å². The SMILES string of the molecule is CCC(C)N(C)c1ncnc2ccc(N)cc12. The Morgan fingerprint density at radius 3 is 2.82 bits per heavy atom. The highest BCUT2D eigenvalue weighted by molar-refractivity contribution is 5.91. The molecule has 1 atom stereocenters. The molecule has 0 aliphatic rings. The fourth-order valence-corrected chi connectivity index (χ4v) is 1.82. The number of nitrogens with two attached hydrogens (primary N) is 1. The number of hydrogen-bond donors (Lipinski definition) is 1. The maximum absolute atomic E-state index is 5.83. The van der Waals surface area contributed by atoms with Gasteiger partial charge in [0, 0.05) is 24.2 Å². The molecule has 2 aromatic rings. The van der Waals surface area contributed by atoms with Gasteiger partial charge in [-0.25, -0.2) is 9.97 Å². The van der Waals surface area contributed by atoms with Crippen molar-refractivity contribution in [2.45, 2.75) is 26.3 Å². The third-order valence-electron chi connectivity index (χ3n) is 3.22. The van der Waals surface area contributed by atoms with E-state index < -0.39 is 0 Å². The number of nitrogen functional groups attached to an aromatic ring is 1. The Morgan fingerprint density at radius 1 is 1.35 bits per heavy atom. The molecule has 1 unspecified atom stereocenters. The van der Waals surface area contributed by atoms with Gasteiger partial charge in [0.2, 0.25) is 0 Å². The highest BCUT2D eigenvalue weighted by Crippen LogP contribution is 2.25. The molecule has 4 heteroatoms. The number of aromatic nitrogens is 2. The molecule has 17 heavy (non-hydrogen) atoms. The first kappa shape index (κ1) is 11.6. The van der Waals surface area contributed by atoms with E-state index in [1.165, 1.54) is 0 Å². The van der Waals surface area contributed by atoms with Crippen LogP contribution in [0.2, 0.25) is 0 Å². The Hall–Kier alpha value is -1.84. The summed E-state index contributed by atoms with van der Waals surface area (Å²) in [5.74, 6) is 0.941. The summed E-state index contributed by atoms with van der Waals surface area (Å²) in [6.45, 7) is 4.35.